The largest absolute Gasteiger partial charge is 0.338 e. The first-order valence-corrected chi connectivity index (χ1v) is 7.76. The number of hydrogen-bond acceptors (Lipinski definition) is 2. The molecule has 19 heavy (non-hydrogen) atoms. The van der Waals surface area contributed by atoms with Crippen molar-refractivity contribution in [2.45, 2.75) is 64.0 Å². The summed E-state index contributed by atoms with van der Waals surface area (Å²) in [5.41, 5.74) is 0. The van der Waals surface area contributed by atoms with Crippen LogP contribution in [-0.4, -0.2) is 46.8 Å². The lowest BCUT2D eigenvalue weighted by molar-refractivity contribution is -0.146. The van der Waals surface area contributed by atoms with Crippen molar-refractivity contribution in [1.29, 1.82) is 0 Å². The van der Waals surface area contributed by atoms with E-state index >= 15 is 0 Å². The molecule has 0 spiro atoms. The number of amides is 2. The molecule has 3 fully saturated rings. The Labute approximate surface area is 115 Å². The molecule has 4 nitrogen and oxygen atoms in total. The fraction of sp³-hybridized carbons (Fsp3) is 0.867. The number of carbonyl (C=O) groups is 2. The van der Waals surface area contributed by atoms with Crippen LogP contribution in [-0.2, 0) is 9.59 Å². The van der Waals surface area contributed by atoms with Crippen LogP contribution in [0.2, 0.25) is 0 Å². The molecule has 1 saturated carbocycles. The van der Waals surface area contributed by atoms with Gasteiger partial charge in [-0.1, -0.05) is 6.42 Å². The molecular weight excluding hydrogens is 240 g/mol. The Morgan fingerprint density at radius 1 is 0.895 bits per heavy atom. The van der Waals surface area contributed by atoms with Crippen molar-refractivity contribution in [2.24, 2.45) is 5.92 Å². The van der Waals surface area contributed by atoms with Gasteiger partial charge in [0.2, 0.25) is 11.8 Å². The molecule has 106 valence electrons. The molecule has 2 amide bonds. The van der Waals surface area contributed by atoms with Gasteiger partial charge in [-0.2, -0.15) is 0 Å². The van der Waals surface area contributed by atoms with Crippen molar-refractivity contribution in [1.82, 2.24) is 9.80 Å². The first-order valence-electron chi connectivity index (χ1n) is 7.76. The van der Waals surface area contributed by atoms with Gasteiger partial charge in [-0.05, 0) is 44.4 Å². The van der Waals surface area contributed by atoms with Crippen molar-refractivity contribution in [2.75, 3.05) is 13.1 Å². The molecule has 2 heterocycles. The molecule has 0 aromatic carbocycles. The van der Waals surface area contributed by atoms with Gasteiger partial charge in [0.1, 0.15) is 6.04 Å². The Hall–Kier alpha value is -1.06. The van der Waals surface area contributed by atoms with E-state index in [0.29, 0.717) is 6.04 Å². The number of rotatable bonds is 1. The molecule has 2 unspecified atom stereocenters. The zero-order valence-electron chi connectivity index (χ0n) is 11.8. The van der Waals surface area contributed by atoms with Gasteiger partial charge >= 0.3 is 0 Å². The smallest absolute Gasteiger partial charge is 0.245 e. The van der Waals surface area contributed by atoms with Gasteiger partial charge < -0.3 is 9.80 Å². The predicted octanol–water partition coefficient (Wildman–Crippen LogP) is 1.79. The molecule has 0 radical (unpaired) electrons. The molecule has 0 bridgehead atoms. The molecule has 0 N–H and O–H groups in total. The number of nitrogens with zero attached hydrogens (tertiary/aromatic N) is 2. The number of carbonyl (C=O) groups excluding carboxylic acids is 2. The summed E-state index contributed by atoms with van der Waals surface area (Å²) in [5.74, 6) is 1.00. The average molecular weight is 264 g/mol. The molecule has 3 aliphatic rings. The molecule has 4 heteroatoms. The minimum Gasteiger partial charge on any atom is -0.338 e. The van der Waals surface area contributed by atoms with E-state index in [1.54, 1.807) is 11.8 Å². The summed E-state index contributed by atoms with van der Waals surface area (Å²) in [6.07, 6.45) is 7.97. The SMILES string of the molecule is CC(=O)N1CCC[C@H]1C(=O)N1CCCC2CCCC21. The van der Waals surface area contributed by atoms with E-state index in [-0.39, 0.29) is 17.9 Å². The van der Waals surface area contributed by atoms with Crippen LogP contribution in [0.15, 0.2) is 0 Å². The Morgan fingerprint density at radius 2 is 1.58 bits per heavy atom. The van der Waals surface area contributed by atoms with Crippen LogP contribution < -0.4 is 0 Å². The van der Waals surface area contributed by atoms with Crippen molar-refractivity contribution < 1.29 is 9.59 Å². The van der Waals surface area contributed by atoms with Crippen LogP contribution in [0.25, 0.3) is 0 Å². The Balaban J connectivity index is 1.74. The molecule has 3 atom stereocenters. The minimum absolute atomic E-state index is 0.0517. The highest BCUT2D eigenvalue weighted by atomic mass is 16.2. The maximum atomic E-state index is 12.8. The van der Waals surface area contributed by atoms with Crippen LogP contribution in [0.4, 0.5) is 0 Å². The van der Waals surface area contributed by atoms with Crippen LogP contribution in [0.5, 0.6) is 0 Å². The molecule has 0 aromatic rings. The lowest BCUT2D eigenvalue weighted by atomic mass is 9.91. The number of fused-ring (bicyclic) bond motifs is 1. The summed E-state index contributed by atoms with van der Waals surface area (Å²) >= 11 is 0. The van der Waals surface area contributed by atoms with Crippen LogP contribution in [0.3, 0.4) is 0 Å². The van der Waals surface area contributed by atoms with Gasteiger partial charge in [-0.15, -0.1) is 0 Å². The number of hydrogen-bond donors (Lipinski definition) is 0. The van der Waals surface area contributed by atoms with Gasteiger partial charge in [0.25, 0.3) is 0 Å². The fourth-order valence-electron chi connectivity index (χ4n) is 4.32. The summed E-state index contributed by atoms with van der Waals surface area (Å²) in [6.45, 7) is 3.25. The third-order valence-electron chi connectivity index (χ3n) is 5.22. The highest BCUT2D eigenvalue weighted by Gasteiger charge is 2.42. The van der Waals surface area contributed by atoms with Crippen molar-refractivity contribution in [3.8, 4) is 0 Å². The quantitative estimate of drug-likeness (QED) is 0.724. The summed E-state index contributed by atoms with van der Waals surface area (Å²) in [7, 11) is 0. The standard InChI is InChI=1S/C15H24N2O2/c1-11(18)16-9-4-8-14(16)15(19)17-10-3-6-12-5-2-7-13(12)17/h12-14H,2-10H2,1H3/t12?,13?,14-/m0/s1. The van der Waals surface area contributed by atoms with Gasteiger partial charge in [0, 0.05) is 26.1 Å². The van der Waals surface area contributed by atoms with E-state index in [1.165, 1.54) is 25.7 Å². The van der Waals surface area contributed by atoms with E-state index in [0.717, 1.165) is 38.3 Å². The van der Waals surface area contributed by atoms with Gasteiger partial charge in [-0.25, -0.2) is 0 Å². The highest BCUT2D eigenvalue weighted by Crippen LogP contribution is 2.37. The monoisotopic (exact) mass is 264 g/mol. The van der Waals surface area contributed by atoms with E-state index in [4.69, 9.17) is 0 Å². The van der Waals surface area contributed by atoms with Crippen LogP contribution in [0.1, 0.15) is 51.9 Å². The van der Waals surface area contributed by atoms with Gasteiger partial charge in [-0.3, -0.25) is 9.59 Å². The Kier molecular flexibility index (Phi) is 3.50. The summed E-state index contributed by atoms with van der Waals surface area (Å²) in [5, 5.41) is 0. The third-order valence-corrected chi connectivity index (χ3v) is 5.22. The highest BCUT2D eigenvalue weighted by molar-refractivity contribution is 5.87. The van der Waals surface area contributed by atoms with E-state index < -0.39 is 0 Å². The van der Waals surface area contributed by atoms with Crippen LogP contribution in [0, 0.1) is 5.92 Å². The number of likely N-dealkylation sites (tertiary alicyclic amines) is 2. The van der Waals surface area contributed by atoms with E-state index in [2.05, 4.69) is 4.90 Å². The summed E-state index contributed by atoms with van der Waals surface area (Å²) in [6, 6.07) is 0.299. The molecule has 2 saturated heterocycles. The maximum absolute atomic E-state index is 12.8. The van der Waals surface area contributed by atoms with Crippen molar-refractivity contribution in [3.05, 3.63) is 0 Å². The van der Waals surface area contributed by atoms with E-state index in [9.17, 15) is 9.59 Å². The predicted molar refractivity (Wildman–Crippen MR) is 72.5 cm³/mol. The van der Waals surface area contributed by atoms with Gasteiger partial charge in [0.15, 0.2) is 0 Å². The molecule has 0 aromatic heterocycles. The first kappa shape index (κ1) is 12.9. The summed E-state index contributed by atoms with van der Waals surface area (Å²) < 4.78 is 0. The Morgan fingerprint density at radius 3 is 2.37 bits per heavy atom. The Bertz CT molecular complexity index is 382. The zero-order chi connectivity index (χ0) is 13.4. The molecular formula is C15H24N2O2. The average Bonchev–Trinajstić information content (AvgIpc) is 3.05. The maximum Gasteiger partial charge on any atom is 0.245 e. The van der Waals surface area contributed by atoms with Gasteiger partial charge in [0.05, 0.1) is 0 Å². The molecule has 1 aliphatic carbocycles. The second-order valence-corrected chi connectivity index (χ2v) is 6.30. The fourth-order valence-corrected chi connectivity index (χ4v) is 4.32. The van der Waals surface area contributed by atoms with Crippen molar-refractivity contribution >= 4 is 11.8 Å². The summed E-state index contributed by atoms with van der Waals surface area (Å²) in [4.78, 5) is 28.3. The molecule has 3 rings (SSSR count). The normalized spacial score (nSPS) is 34.5. The lowest BCUT2D eigenvalue weighted by Gasteiger charge is -2.40. The zero-order valence-corrected chi connectivity index (χ0v) is 11.8. The second kappa shape index (κ2) is 5.14. The number of piperidine rings is 1. The third kappa shape index (κ3) is 2.26. The van der Waals surface area contributed by atoms with Crippen LogP contribution >= 0.6 is 0 Å². The lowest BCUT2D eigenvalue weighted by Crippen LogP contribution is -2.53. The van der Waals surface area contributed by atoms with Crippen molar-refractivity contribution in [3.63, 3.8) is 0 Å². The topological polar surface area (TPSA) is 40.6 Å². The minimum atomic E-state index is -0.170. The first-order chi connectivity index (χ1) is 9.18. The van der Waals surface area contributed by atoms with E-state index in [1.807, 2.05) is 0 Å². The second-order valence-electron chi connectivity index (χ2n) is 6.30. The molecule has 2 aliphatic heterocycles.